The molecule has 6 heteroatoms. The quantitative estimate of drug-likeness (QED) is 0.931. The summed E-state index contributed by atoms with van der Waals surface area (Å²) in [7, 11) is 3.19. The fourth-order valence-corrected chi connectivity index (χ4v) is 3.04. The van der Waals surface area contributed by atoms with Crippen molar-refractivity contribution in [2.75, 3.05) is 38.8 Å². The molecule has 0 aromatic heterocycles. The maximum Gasteiger partial charge on any atom is 0.128 e. The second-order valence-electron chi connectivity index (χ2n) is 5.69. The minimum absolute atomic E-state index is 0.0797. The van der Waals surface area contributed by atoms with E-state index in [-0.39, 0.29) is 6.04 Å². The number of nitrogens with zero attached hydrogens (tertiary/aromatic N) is 1. The second-order valence-corrected chi connectivity index (χ2v) is 5.69. The van der Waals surface area contributed by atoms with Crippen LogP contribution in [0.3, 0.4) is 0 Å². The number of ether oxygens (including phenoxy) is 2. The third-order valence-electron chi connectivity index (χ3n) is 4.18. The molecule has 3 rings (SSSR count). The van der Waals surface area contributed by atoms with E-state index in [1.165, 1.54) is 12.1 Å². The van der Waals surface area contributed by atoms with Crippen molar-refractivity contribution in [2.24, 2.45) is 0 Å². The van der Waals surface area contributed by atoms with Gasteiger partial charge >= 0.3 is 0 Å². The van der Waals surface area contributed by atoms with Crippen LogP contribution in [-0.2, 0) is 0 Å². The lowest BCUT2D eigenvalue weighted by Crippen LogP contribution is -2.46. The summed E-state index contributed by atoms with van der Waals surface area (Å²) in [6, 6.07) is 9.16. The zero-order valence-electron chi connectivity index (χ0n) is 13.7. The monoisotopic (exact) mass is 334 g/mol. The van der Waals surface area contributed by atoms with Gasteiger partial charge in [0, 0.05) is 37.5 Å². The maximum absolute atomic E-state index is 13.6. The number of methoxy groups -OCH3 is 2. The van der Waals surface area contributed by atoms with Crippen LogP contribution in [0, 0.1) is 11.6 Å². The Morgan fingerprint density at radius 1 is 0.958 bits per heavy atom. The van der Waals surface area contributed by atoms with E-state index in [1.807, 2.05) is 17.0 Å². The van der Waals surface area contributed by atoms with E-state index in [0.717, 1.165) is 18.2 Å². The Labute approximate surface area is 140 Å². The van der Waals surface area contributed by atoms with Gasteiger partial charge in [-0.25, -0.2) is 8.78 Å². The summed E-state index contributed by atoms with van der Waals surface area (Å²) >= 11 is 0. The van der Waals surface area contributed by atoms with E-state index in [9.17, 15) is 8.78 Å². The molecule has 0 radical (unpaired) electrons. The summed E-state index contributed by atoms with van der Waals surface area (Å²) in [6.07, 6.45) is 0. The average molecular weight is 334 g/mol. The zero-order valence-corrected chi connectivity index (χ0v) is 13.7. The van der Waals surface area contributed by atoms with Crippen molar-refractivity contribution >= 4 is 5.69 Å². The lowest BCUT2D eigenvalue weighted by Gasteiger charge is -2.38. The molecule has 0 bridgehead atoms. The lowest BCUT2D eigenvalue weighted by molar-refractivity contribution is 0.391. The Hall–Kier alpha value is -2.34. The normalized spacial score (nSPS) is 17.7. The smallest absolute Gasteiger partial charge is 0.128 e. The third kappa shape index (κ3) is 3.43. The standard InChI is InChI=1S/C18H20F2N2O2/c1-23-16-5-12(6-17(10-16)24-2)18-11-21-3-4-22(18)15-8-13(19)7-14(20)9-15/h5-10,18,21H,3-4,11H2,1-2H3. The topological polar surface area (TPSA) is 33.7 Å². The number of hydrogen-bond donors (Lipinski definition) is 1. The first-order valence-electron chi connectivity index (χ1n) is 7.77. The van der Waals surface area contributed by atoms with Crippen LogP contribution in [-0.4, -0.2) is 33.9 Å². The number of piperazine rings is 1. The largest absolute Gasteiger partial charge is 0.497 e. The van der Waals surface area contributed by atoms with Gasteiger partial charge in [-0.15, -0.1) is 0 Å². The van der Waals surface area contributed by atoms with Crippen LogP contribution in [0.1, 0.15) is 11.6 Å². The van der Waals surface area contributed by atoms with Crippen molar-refractivity contribution in [1.29, 1.82) is 0 Å². The van der Waals surface area contributed by atoms with Crippen molar-refractivity contribution in [2.45, 2.75) is 6.04 Å². The molecular weight excluding hydrogens is 314 g/mol. The Kier molecular flexibility index (Phi) is 4.85. The van der Waals surface area contributed by atoms with Crippen LogP contribution in [0.25, 0.3) is 0 Å². The first kappa shape index (κ1) is 16.5. The fourth-order valence-electron chi connectivity index (χ4n) is 3.04. The molecule has 0 spiro atoms. The van der Waals surface area contributed by atoms with Crippen molar-refractivity contribution in [1.82, 2.24) is 5.32 Å². The van der Waals surface area contributed by atoms with Crippen LogP contribution in [0.2, 0.25) is 0 Å². The molecule has 1 N–H and O–H groups in total. The molecule has 1 aliphatic rings. The predicted molar refractivity (Wildman–Crippen MR) is 88.9 cm³/mol. The number of halogens is 2. The molecule has 1 fully saturated rings. The van der Waals surface area contributed by atoms with E-state index in [4.69, 9.17) is 9.47 Å². The van der Waals surface area contributed by atoms with Crippen LogP contribution >= 0.6 is 0 Å². The zero-order chi connectivity index (χ0) is 17.1. The van der Waals surface area contributed by atoms with E-state index >= 15 is 0 Å². The van der Waals surface area contributed by atoms with Crippen molar-refractivity contribution in [3.05, 3.63) is 53.6 Å². The van der Waals surface area contributed by atoms with Gasteiger partial charge in [-0.2, -0.15) is 0 Å². The minimum Gasteiger partial charge on any atom is -0.497 e. The van der Waals surface area contributed by atoms with E-state index in [2.05, 4.69) is 5.32 Å². The van der Waals surface area contributed by atoms with Gasteiger partial charge in [-0.05, 0) is 29.8 Å². The molecule has 1 heterocycles. The molecule has 0 saturated carbocycles. The molecule has 1 saturated heterocycles. The Balaban J connectivity index is 2.00. The highest BCUT2D eigenvalue weighted by molar-refractivity contribution is 5.52. The van der Waals surface area contributed by atoms with Gasteiger partial charge in [-0.1, -0.05) is 0 Å². The van der Waals surface area contributed by atoms with Crippen molar-refractivity contribution in [3.8, 4) is 11.5 Å². The van der Waals surface area contributed by atoms with Crippen LogP contribution in [0.5, 0.6) is 11.5 Å². The molecule has 128 valence electrons. The fraction of sp³-hybridized carbons (Fsp3) is 0.333. The Bertz CT molecular complexity index is 682. The first-order chi connectivity index (χ1) is 11.6. The van der Waals surface area contributed by atoms with E-state index in [0.29, 0.717) is 30.3 Å². The second kappa shape index (κ2) is 7.05. The highest BCUT2D eigenvalue weighted by Crippen LogP contribution is 2.33. The molecule has 24 heavy (non-hydrogen) atoms. The average Bonchev–Trinajstić information content (AvgIpc) is 2.60. The van der Waals surface area contributed by atoms with Crippen molar-refractivity contribution in [3.63, 3.8) is 0 Å². The predicted octanol–water partition coefficient (Wildman–Crippen LogP) is 3.13. The van der Waals surface area contributed by atoms with Gasteiger partial charge in [0.05, 0.1) is 20.3 Å². The summed E-state index contributed by atoms with van der Waals surface area (Å²) in [5.74, 6) is 0.205. The van der Waals surface area contributed by atoms with Crippen LogP contribution in [0.4, 0.5) is 14.5 Å². The molecule has 1 atom stereocenters. The lowest BCUT2D eigenvalue weighted by atomic mass is 10.0. The Morgan fingerprint density at radius 2 is 1.58 bits per heavy atom. The van der Waals surface area contributed by atoms with Gasteiger partial charge in [0.2, 0.25) is 0 Å². The summed E-state index contributed by atoms with van der Waals surface area (Å²) in [6.45, 7) is 2.05. The minimum atomic E-state index is -0.578. The highest BCUT2D eigenvalue weighted by Gasteiger charge is 2.26. The summed E-state index contributed by atoms with van der Waals surface area (Å²) in [4.78, 5) is 2.00. The number of nitrogens with one attached hydrogen (secondary N) is 1. The van der Waals surface area contributed by atoms with Crippen LogP contribution < -0.4 is 19.7 Å². The third-order valence-corrected chi connectivity index (χ3v) is 4.18. The molecule has 2 aromatic carbocycles. The molecule has 0 amide bonds. The summed E-state index contributed by atoms with van der Waals surface area (Å²) < 4.78 is 37.9. The molecule has 1 aliphatic heterocycles. The number of rotatable bonds is 4. The van der Waals surface area contributed by atoms with Gasteiger partial charge in [0.1, 0.15) is 23.1 Å². The van der Waals surface area contributed by atoms with Crippen molar-refractivity contribution < 1.29 is 18.3 Å². The summed E-state index contributed by atoms with van der Waals surface area (Å²) in [5, 5.41) is 3.33. The van der Waals surface area contributed by atoms with Gasteiger partial charge < -0.3 is 19.7 Å². The first-order valence-corrected chi connectivity index (χ1v) is 7.77. The van der Waals surface area contributed by atoms with E-state index in [1.54, 1.807) is 20.3 Å². The van der Waals surface area contributed by atoms with Gasteiger partial charge in [-0.3, -0.25) is 0 Å². The Morgan fingerprint density at radius 3 is 2.17 bits per heavy atom. The molecule has 2 aromatic rings. The molecule has 1 unspecified atom stereocenters. The SMILES string of the molecule is COc1cc(OC)cc(C2CNCCN2c2cc(F)cc(F)c2)c1. The van der Waals surface area contributed by atoms with E-state index < -0.39 is 11.6 Å². The van der Waals surface area contributed by atoms with Gasteiger partial charge in [0.15, 0.2) is 0 Å². The van der Waals surface area contributed by atoms with Crippen LogP contribution in [0.15, 0.2) is 36.4 Å². The number of benzene rings is 2. The number of hydrogen-bond acceptors (Lipinski definition) is 4. The number of anilines is 1. The molecule has 4 nitrogen and oxygen atoms in total. The van der Waals surface area contributed by atoms with Gasteiger partial charge in [0.25, 0.3) is 0 Å². The summed E-state index contributed by atoms with van der Waals surface area (Å²) in [5.41, 5.74) is 1.49. The highest BCUT2D eigenvalue weighted by atomic mass is 19.1. The molecule has 0 aliphatic carbocycles. The molecular formula is C18H20F2N2O2. The maximum atomic E-state index is 13.6.